The number of nitrogens with one attached hydrogen (secondary N) is 1. The van der Waals surface area contributed by atoms with Gasteiger partial charge in [0.2, 0.25) is 0 Å². The standard InChI is InChI=1S/C21H23Cl2FN4O3/c1-13-3-4-17(16(22)9-13)28(19(29)18(23)24)21(2,14-10-25-12-26-11-14)20(30)27-15-5-7-31-8-6-15/h3-4,9-12,15,18H,5-8H2,1-2H3,(H,27,30)/t18-,21-/m0/s1. The Morgan fingerprint density at radius 2 is 1.94 bits per heavy atom. The third kappa shape index (κ3) is 4.97. The first-order valence-corrected chi connectivity index (χ1v) is 10.6. The van der Waals surface area contributed by atoms with Crippen molar-refractivity contribution in [2.75, 3.05) is 18.1 Å². The maximum Gasteiger partial charge on any atom is 0.278 e. The first-order valence-electron chi connectivity index (χ1n) is 9.77. The minimum atomic E-state index is -2.39. The summed E-state index contributed by atoms with van der Waals surface area (Å²) < 4.78 is 19.5. The Balaban J connectivity index is 2.15. The molecule has 0 radical (unpaired) electrons. The summed E-state index contributed by atoms with van der Waals surface area (Å²) in [6, 6.07) is 4.73. The summed E-state index contributed by atoms with van der Waals surface area (Å²) in [6.45, 7) is 4.34. The van der Waals surface area contributed by atoms with E-state index in [0.29, 0.717) is 26.1 Å². The molecule has 7 nitrogen and oxygen atoms in total. The van der Waals surface area contributed by atoms with Gasteiger partial charge in [-0.25, -0.2) is 14.4 Å². The number of ether oxygens (including phenoxy) is 1. The van der Waals surface area contributed by atoms with Crippen LogP contribution in [0.5, 0.6) is 0 Å². The lowest BCUT2D eigenvalue weighted by Gasteiger charge is -2.41. The molecule has 1 aromatic heterocycles. The zero-order chi connectivity index (χ0) is 22.6. The van der Waals surface area contributed by atoms with Crippen molar-refractivity contribution in [3.63, 3.8) is 0 Å². The number of aryl methyl sites for hydroxylation is 1. The van der Waals surface area contributed by atoms with E-state index in [1.54, 1.807) is 18.2 Å². The highest BCUT2D eigenvalue weighted by Crippen LogP contribution is 2.38. The number of carbonyl (C=O) groups excluding carboxylic acids is 2. The molecule has 1 aliphatic rings. The van der Waals surface area contributed by atoms with E-state index in [1.165, 1.54) is 25.6 Å². The molecule has 2 atom stereocenters. The summed E-state index contributed by atoms with van der Waals surface area (Å²) in [5.41, 5.74) is -2.86. The lowest BCUT2D eigenvalue weighted by atomic mass is 9.89. The molecule has 2 amide bonds. The monoisotopic (exact) mass is 468 g/mol. The summed E-state index contributed by atoms with van der Waals surface area (Å²) in [5, 5.41) is 3.13. The van der Waals surface area contributed by atoms with Gasteiger partial charge in [0.25, 0.3) is 17.4 Å². The summed E-state index contributed by atoms with van der Waals surface area (Å²) in [5.74, 6) is -1.66. The van der Waals surface area contributed by atoms with Crippen LogP contribution in [0.3, 0.4) is 0 Å². The molecule has 1 saturated heterocycles. The Kier molecular flexibility index (Phi) is 7.46. The van der Waals surface area contributed by atoms with Crippen LogP contribution in [0, 0.1) is 6.92 Å². The van der Waals surface area contributed by atoms with Crippen molar-refractivity contribution < 1.29 is 18.7 Å². The topological polar surface area (TPSA) is 84.4 Å². The molecular formula is C21H23Cl2FN4O3. The minimum Gasteiger partial charge on any atom is -0.381 e. The number of benzene rings is 1. The number of hydrogen-bond acceptors (Lipinski definition) is 5. The second kappa shape index (κ2) is 9.89. The largest absolute Gasteiger partial charge is 0.381 e. The molecule has 1 N–H and O–H groups in total. The van der Waals surface area contributed by atoms with Crippen LogP contribution < -0.4 is 10.2 Å². The van der Waals surface area contributed by atoms with E-state index in [-0.39, 0.29) is 22.3 Å². The fraction of sp³-hybridized carbons (Fsp3) is 0.429. The third-order valence-corrected chi connectivity index (χ3v) is 5.81. The number of aromatic nitrogens is 2. The van der Waals surface area contributed by atoms with Crippen LogP contribution in [-0.4, -0.2) is 46.7 Å². The van der Waals surface area contributed by atoms with Gasteiger partial charge >= 0.3 is 0 Å². The predicted molar refractivity (Wildman–Crippen MR) is 116 cm³/mol. The molecule has 2 heterocycles. The lowest BCUT2D eigenvalue weighted by molar-refractivity contribution is -0.132. The van der Waals surface area contributed by atoms with Gasteiger partial charge in [-0.05, 0) is 44.4 Å². The molecule has 1 aromatic carbocycles. The van der Waals surface area contributed by atoms with Crippen LogP contribution in [0.2, 0.25) is 5.02 Å². The summed E-state index contributed by atoms with van der Waals surface area (Å²) in [4.78, 5) is 35.6. The van der Waals surface area contributed by atoms with Gasteiger partial charge in [0.1, 0.15) is 6.33 Å². The van der Waals surface area contributed by atoms with E-state index in [2.05, 4.69) is 15.3 Å². The Labute approximate surface area is 189 Å². The Morgan fingerprint density at radius 3 is 2.52 bits per heavy atom. The van der Waals surface area contributed by atoms with E-state index >= 15 is 0 Å². The van der Waals surface area contributed by atoms with Gasteiger partial charge in [-0.1, -0.05) is 29.3 Å². The van der Waals surface area contributed by atoms with Gasteiger partial charge in [-0.3, -0.25) is 14.5 Å². The Bertz CT molecular complexity index is 941. The Hall–Kier alpha value is -2.29. The smallest absolute Gasteiger partial charge is 0.278 e. The van der Waals surface area contributed by atoms with Gasteiger partial charge in [-0.2, -0.15) is 0 Å². The second-order valence-corrected chi connectivity index (χ2v) is 8.28. The van der Waals surface area contributed by atoms with Gasteiger partial charge < -0.3 is 10.1 Å². The first-order chi connectivity index (χ1) is 14.7. The zero-order valence-electron chi connectivity index (χ0n) is 17.1. The molecule has 3 rings (SSSR count). The highest BCUT2D eigenvalue weighted by atomic mass is 35.5. The maximum absolute atomic E-state index is 14.2. The number of nitrogens with zero attached hydrogens (tertiary/aromatic N) is 3. The fourth-order valence-electron chi connectivity index (χ4n) is 3.55. The second-order valence-electron chi connectivity index (χ2n) is 7.49. The molecular weight excluding hydrogens is 446 g/mol. The molecule has 2 aromatic rings. The van der Waals surface area contributed by atoms with Crippen molar-refractivity contribution in [1.29, 1.82) is 0 Å². The fourth-order valence-corrected chi connectivity index (χ4v) is 3.97. The number of hydrogen-bond donors (Lipinski definition) is 1. The number of alkyl halides is 2. The van der Waals surface area contributed by atoms with Crippen LogP contribution in [-0.2, 0) is 19.9 Å². The van der Waals surface area contributed by atoms with E-state index in [4.69, 9.17) is 27.9 Å². The van der Waals surface area contributed by atoms with Gasteiger partial charge in [0.05, 0.1) is 10.7 Å². The van der Waals surface area contributed by atoms with Crippen molar-refractivity contribution in [2.45, 2.75) is 43.9 Å². The third-order valence-electron chi connectivity index (χ3n) is 5.32. The molecule has 166 valence electrons. The molecule has 0 spiro atoms. The van der Waals surface area contributed by atoms with Crippen LogP contribution in [0.25, 0.3) is 0 Å². The zero-order valence-corrected chi connectivity index (χ0v) is 18.7. The summed E-state index contributed by atoms with van der Waals surface area (Å²) in [6.07, 6.45) is 5.34. The number of rotatable bonds is 6. The molecule has 31 heavy (non-hydrogen) atoms. The SMILES string of the molecule is Cc1ccc(N(C(=O)[C@H](F)Cl)[C@](C)(C(=O)NC2CCOCC2)c2cncnc2)c(Cl)c1. The summed E-state index contributed by atoms with van der Waals surface area (Å²) >= 11 is 12.0. The highest BCUT2D eigenvalue weighted by Gasteiger charge is 2.48. The van der Waals surface area contributed by atoms with Crippen molar-refractivity contribution in [2.24, 2.45) is 0 Å². The molecule has 0 bridgehead atoms. The number of amides is 2. The quantitative estimate of drug-likeness (QED) is 0.655. The number of halogens is 3. The van der Waals surface area contributed by atoms with Crippen molar-refractivity contribution in [3.05, 3.63) is 53.1 Å². The molecule has 1 aliphatic heterocycles. The molecule has 0 unspecified atom stereocenters. The van der Waals surface area contributed by atoms with Crippen molar-refractivity contribution in [1.82, 2.24) is 15.3 Å². The normalized spacial score (nSPS) is 17.5. The minimum absolute atomic E-state index is 0.147. The number of carbonyl (C=O) groups is 2. The Morgan fingerprint density at radius 1 is 1.29 bits per heavy atom. The average Bonchev–Trinajstić information content (AvgIpc) is 2.76. The van der Waals surface area contributed by atoms with Crippen molar-refractivity contribution in [3.8, 4) is 0 Å². The van der Waals surface area contributed by atoms with E-state index in [9.17, 15) is 14.0 Å². The molecule has 0 aliphatic carbocycles. The van der Waals surface area contributed by atoms with E-state index < -0.39 is 23.0 Å². The summed E-state index contributed by atoms with van der Waals surface area (Å²) in [7, 11) is 0. The molecule has 0 saturated carbocycles. The van der Waals surface area contributed by atoms with Crippen LogP contribution >= 0.6 is 23.2 Å². The van der Waals surface area contributed by atoms with Crippen LogP contribution in [0.15, 0.2) is 36.9 Å². The predicted octanol–water partition coefficient (Wildman–Crippen LogP) is 3.52. The van der Waals surface area contributed by atoms with Gasteiger partial charge in [-0.15, -0.1) is 0 Å². The van der Waals surface area contributed by atoms with E-state index in [1.807, 2.05) is 6.92 Å². The van der Waals surface area contributed by atoms with E-state index in [0.717, 1.165) is 10.5 Å². The maximum atomic E-state index is 14.2. The first kappa shape index (κ1) is 23.4. The lowest BCUT2D eigenvalue weighted by Crippen LogP contribution is -2.60. The molecule has 1 fully saturated rings. The molecule has 10 heteroatoms. The van der Waals surface area contributed by atoms with Crippen molar-refractivity contribution >= 4 is 40.7 Å². The highest BCUT2D eigenvalue weighted by molar-refractivity contribution is 6.36. The average molecular weight is 469 g/mol. The van der Waals surface area contributed by atoms with Gasteiger partial charge in [0, 0.05) is 37.2 Å². The van der Waals surface area contributed by atoms with Crippen LogP contribution in [0.4, 0.5) is 10.1 Å². The van der Waals surface area contributed by atoms with Crippen LogP contribution in [0.1, 0.15) is 30.9 Å². The van der Waals surface area contributed by atoms with Gasteiger partial charge in [0.15, 0.2) is 5.54 Å². The number of anilines is 1.